The molecule has 0 aliphatic heterocycles. The average molecular weight is 323 g/mol. The molecule has 3 N–H and O–H groups in total. The van der Waals surface area contributed by atoms with Gasteiger partial charge in [-0.15, -0.1) is 0 Å². The molecular weight excluding hydrogens is 306 g/mol. The Bertz CT molecular complexity index is 945. The third kappa shape index (κ3) is 2.96. The zero-order valence-electron chi connectivity index (χ0n) is 13.4. The number of benzene rings is 1. The lowest BCUT2D eigenvalue weighted by molar-refractivity contribution is -0.117. The Morgan fingerprint density at radius 3 is 2.79 bits per heavy atom. The normalized spacial score (nSPS) is 10.8. The molecule has 0 bridgehead atoms. The van der Waals surface area contributed by atoms with E-state index < -0.39 is 5.91 Å². The van der Waals surface area contributed by atoms with Crippen molar-refractivity contribution in [2.24, 2.45) is 12.8 Å². The van der Waals surface area contributed by atoms with Crippen molar-refractivity contribution in [1.29, 1.82) is 0 Å². The van der Waals surface area contributed by atoms with Gasteiger partial charge in [-0.3, -0.25) is 14.3 Å². The van der Waals surface area contributed by atoms with E-state index in [0.717, 1.165) is 16.7 Å². The maximum absolute atomic E-state index is 12.5. The summed E-state index contributed by atoms with van der Waals surface area (Å²) in [5.41, 5.74) is 8.43. The molecule has 2 heterocycles. The van der Waals surface area contributed by atoms with Crippen molar-refractivity contribution in [1.82, 2.24) is 14.8 Å². The molecule has 0 spiro atoms. The molecule has 2 amide bonds. The minimum Gasteiger partial charge on any atom is -0.369 e. The van der Waals surface area contributed by atoms with Crippen LogP contribution in [0.2, 0.25) is 0 Å². The second-order valence-corrected chi connectivity index (χ2v) is 5.56. The summed E-state index contributed by atoms with van der Waals surface area (Å²) in [5, 5.41) is 7.93. The molecule has 7 heteroatoms. The number of para-hydroxylation sites is 1. The van der Waals surface area contributed by atoms with Crippen molar-refractivity contribution in [2.45, 2.75) is 13.3 Å². The Labute approximate surface area is 138 Å². The largest absolute Gasteiger partial charge is 0.369 e. The number of amides is 2. The molecule has 2 aromatic heterocycles. The van der Waals surface area contributed by atoms with Crippen molar-refractivity contribution in [3.8, 4) is 0 Å². The Hall–Kier alpha value is -3.22. The van der Waals surface area contributed by atoms with Gasteiger partial charge in [-0.2, -0.15) is 5.10 Å². The fraction of sp³-hybridized carbons (Fsp3) is 0.176. The van der Waals surface area contributed by atoms with Crippen LogP contribution in [0.3, 0.4) is 0 Å². The van der Waals surface area contributed by atoms with Crippen LogP contribution in [0.15, 0.2) is 36.5 Å². The second kappa shape index (κ2) is 6.11. The van der Waals surface area contributed by atoms with Gasteiger partial charge in [-0.25, -0.2) is 4.98 Å². The van der Waals surface area contributed by atoms with Gasteiger partial charge in [-0.05, 0) is 24.6 Å². The maximum atomic E-state index is 12.5. The lowest BCUT2D eigenvalue weighted by atomic mass is 10.1. The quantitative estimate of drug-likeness (QED) is 0.760. The second-order valence-electron chi connectivity index (χ2n) is 5.56. The van der Waals surface area contributed by atoms with Gasteiger partial charge >= 0.3 is 0 Å². The first-order chi connectivity index (χ1) is 11.5. The Morgan fingerprint density at radius 1 is 1.29 bits per heavy atom. The average Bonchev–Trinajstić information content (AvgIpc) is 2.83. The highest BCUT2D eigenvalue weighted by atomic mass is 16.2. The Balaban J connectivity index is 1.90. The molecule has 0 atom stereocenters. The maximum Gasteiger partial charge on any atom is 0.257 e. The first kappa shape index (κ1) is 15.7. The number of rotatable bonds is 4. The third-order valence-corrected chi connectivity index (χ3v) is 3.76. The Morgan fingerprint density at radius 2 is 2.04 bits per heavy atom. The zero-order chi connectivity index (χ0) is 17.3. The van der Waals surface area contributed by atoms with Crippen LogP contribution in [0.1, 0.15) is 21.6 Å². The van der Waals surface area contributed by atoms with Gasteiger partial charge in [0.2, 0.25) is 5.91 Å². The molecule has 0 saturated heterocycles. The number of anilines is 1. The van der Waals surface area contributed by atoms with Crippen LogP contribution in [-0.2, 0) is 18.3 Å². The van der Waals surface area contributed by atoms with E-state index in [1.165, 1.54) is 6.20 Å². The summed E-state index contributed by atoms with van der Waals surface area (Å²) < 4.78 is 1.68. The van der Waals surface area contributed by atoms with Crippen LogP contribution in [0.25, 0.3) is 11.0 Å². The number of carbonyl (C=O) groups is 2. The van der Waals surface area contributed by atoms with Crippen molar-refractivity contribution < 1.29 is 9.59 Å². The van der Waals surface area contributed by atoms with E-state index in [4.69, 9.17) is 5.73 Å². The number of aryl methyl sites for hydroxylation is 2. The Kier molecular flexibility index (Phi) is 3.99. The summed E-state index contributed by atoms with van der Waals surface area (Å²) in [6.45, 7) is 1.87. The van der Waals surface area contributed by atoms with Crippen LogP contribution in [0, 0.1) is 6.92 Å². The summed E-state index contributed by atoms with van der Waals surface area (Å²) in [6, 6.07) is 8.83. The summed E-state index contributed by atoms with van der Waals surface area (Å²) in [4.78, 5) is 28.0. The first-order valence-corrected chi connectivity index (χ1v) is 7.42. The highest BCUT2D eigenvalue weighted by molar-refractivity contribution is 6.06. The minimum absolute atomic E-state index is 0.0649. The number of nitrogens with one attached hydrogen (secondary N) is 1. The number of nitrogens with two attached hydrogens (primary N) is 1. The molecule has 0 radical (unpaired) electrons. The molecular formula is C17H17N5O2. The van der Waals surface area contributed by atoms with Crippen molar-refractivity contribution >= 4 is 28.5 Å². The topological polar surface area (TPSA) is 103 Å². The lowest BCUT2D eigenvalue weighted by Gasteiger charge is -2.10. The van der Waals surface area contributed by atoms with E-state index in [1.54, 1.807) is 35.0 Å². The molecule has 24 heavy (non-hydrogen) atoms. The standard InChI is InChI=1S/C17H17N5O2/c1-10-13-7-12(9-19-16(13)22(2)21-10)17(24)20-14-6-4-3-5-11(14)8-15(18)23/h3-7,9H,8H2,1-2H3,(H2,18,23)(H,20,24). The molecule has 1 aromatic carbocycles. The van der Waals surface area contributed by atoms with E-state index in [9.17, 15) is 9.59 Å². The molecule has 0 saturated carbocycles. The van der Waals surface area contributed by atoms with Crippen LogP contribution >= 0.6 is 0 Å². The number of carbonyl (C=O) groups excluding carboxylic acids is 2. The third-order valence-electron chi connectivity index (χ3n) is 3.76. The van der Waals surface area contributed by atoms with E-state index >= 15 is 0 Å². The van der Waals surface area contributed by atoms with E-state index in [0.29, 0.717) is 16.8 Å². The van der Waals surface area contributed by atoms with Gasteiger partial charge in [-0.1, -0.05) is 18.2 Å². The van der Waals surface area contributed by atoms with Crippen LogP contribution in [-0.4, -0.2) is 26.6 Å². The van der Waals surface area contributed by atoms with Crippen LogP contribution in [0.4, 0.5) is 5.69 Å². The molecule has 0 unspecified atom stereocenters. The van der Waals surface area contributed by atoms with Gasteiger partial charge in [0, 0.05) is 24.3 Å². The number of hydrogen-bond donors (Lipinski definition) is 2. The molecule has 0 fully saturated rings. The molecule has 3 rings (SSSR count). The first-order valence-electron chi connectivity index (χ1n) is 7.42. The summed E-state index contributed by atoms with van der Waals surface area (Å²) in [7, 11) is 1.81. The molecule has 3 aromatic rings. The molecule has 7 nitrogen and oxygen atoms in total. The van der Waals surface area contributed by atoms with Gasteiger partial charge in [0.15, 0.2) is 5.65 Å². The predicted octanol–water partition coefficient (Wildman–Crippen LogP) is 1.56. The zero-order valence-corrected chi connectivity index (χ0v) is 13.4. The summed E-state index contributed by atoms with van der Waals surface area (Å²) in [6.07, 6.45) is 1.57. The van der Waals surface area contributed by atoms with Crippen LogP contribution in [0.5, 0.6) is 0 Å². The summed E-state index contributed by atoms with van der Waals surface area (Å²) >= 11 is 0. The van der Waals surface area contributed by atoms with E-state index in [2.05, 4.69) is 15.4 Å². The predicted molar refractivity (Wildman–Crippen MR) is 90.5 cm³/mol. The lowest BCUT2D eigenvalue weighted by Crippen LogP contribution is -2.17. The van der Waals surface area contributed by atoms with E-state index in [-0.39, 0.29) is 12.3 Å². The van der Waals surface area contributed by atoms with Crippen molar-refractivity contribution in [3.05, 3.63) is 53.3 Å². The minimum atomic E-state index is -0.453. The number of hydrogen-bond acceptors (Lipinski definition) is 4. The number of pyridine rings is 1. The van der Waals surface area contributed by atoms with E-state index in [1.807, 2.05) is 14.0 Å². The molecule has 122 valence electrons. The van der Waals surface area contributed by atoms with Gasteiger partial charge in [0.05, 0.1) is 17.7 Å². The number of primary amides is 1. The highest BCUT2D eigenvalue weighted by Gasteiger charge is 2.13. The molecule has 0 aliphatic carbocycles. The number of fused-ring (bicyclic) bond motifs is 1. The monoisotopic (exact) mass is 323 g/mol. The van der Waals surface area contributed by atoms with Gasteiger partial charge in [0.1, 0.15) is 0 Å². The SMILES string of the molecule is Cc1nn(C)c2ncc(C(=O)Nc3ccccc3CC(N)=O)cc12. The van der Waals surface area contributed by atoms with Crippen molar-refractivity contribution in [2.75, 3.05) is 5.32 Å². The van der Waals surface area contributed by atoms with Gasteiger partial charge < -0.3 is 11.1 Å². The smallest absolute Gasteiger partial charge is 0.257 e. The highest BCUT2D eigenvalue weighted by Crippen LogP contribution is 2.19. The van der Waals surface area contributed by atoms with Gasteiger partial charge in [0.25, 0.3) is 5.91 Å². The fourth-order valence-corrected chi connectivity index (χ4v) is 2.61. The summed E-state index contributed by atoms with van der Waals surface area (Å²) in [5.74, 6) is -0.754. The number of nitrogens with zero attached hydrogens (tertiary/aromatic N) is 3. The number of aromatic nitrogens is 3. The van der Waals surface area contributed by atoms with Crippen molar-refractivity contribution in [3.63, 3.8) is 0 Å². The molecule has 0 aliphatic rings. The van der Waals surface area contributed by atoms with Crippen LogP contribution < -0.4 is 11.1 Å². The fourth-order valence-electron chi connectivity index (χ4n) is 2.61.